The van der Waals surface area contributed by atoms with Crippen LogP contribution in [0, 0.1) is 18.6 Å². The van der Waals surface area contributed by atoms with Gasteiger partial charge in [-0.15, -0.1) is 0 Å². The molecule has 0 unspecified atom stereocenters. The minimum absolute atomic E-state index is 0.121. The Morgan fingerprint density at radius 3 is 1.85 bits per heavy atom. The molecule has 0 amide bonds. The predicted molar refractivity (Wildman–Crippen MR) is 47.0 cm³/mol. The van der Waals surface area contributed by atoms with Gasteiger partial charge < -0.3 is 5.11 Å². The molecule has 0 fully saturated rings. The van der Waals surface area contributed by atoms with Gasteiger partial charge >= 0.3 is 0 Å². The van der Waals surface area contributed by atoms with Crippen LogP contribution in [0.25, 0.3) is 0 Å². The zero-order valence-corrected chi connectivity index (χ0v) is 8.18. The van der Waals surface area contributed by atoms with Gasteiger partial charge in [-0.1, -0.05) is 23.2 Å². The summed E-state index contributed by atoms with van der Waals surface area (Å²) in [7, 11) is 0. The van der Waals surface area contributed by atoms with Crippen molar-refractivity contribution >= 4 is 23.2 Å². The second-order valence-electron chi connectivity index (χ2n) is 2.52. The summed E-state index contributed by atoms with van der Waals surface area (Å²) < 4.78 is 26.2. The third kappa shape index (κ3) is 1.64. The molecular weight excluding hydrogens is 221 g/mol. The molecule has 0 aliphatic carbocycles. The predicted octanol–water partition coefficient (Wildman–Crippen LogP) is 3.07. The molecule has 72 valence electrons. The molecule has 0 saturated heterocycles. The molecule has 1 N–H and O–H groups in total. The highest BCUT2D eigenvalue weighted by Crippen LogP contribution is 2.32. The van der Waals surface area contributed by atoms with Gasteiger partial charge in [-0.25, -0.2) is 8.78 Å². The monoisotopic (exact) mass is 226 g/mol. The molecule has 1 aromatic carbocycles. The molecule has 0 aromatic heterocycles. The van der Waals surface area contributed by atoms with Gasteiger partial charge in [0.25, 0.3) is 0 Å². The summed E-state index contributed by atoms with van der Waals surface area (Å²) >= 11 is 11.0. The molecule has 0 aliphatic rings. The molecule has 1 rings (SSSR count). The van der Waals surface area contributed by atoms with Gasteiger partial charge in [0.15, 0.2) is 0 Å². The summed E-state index contributed by atoms with van der Waals surface area (Å²) in [5.74, 6) is -1.76. The van der Waals surface area contributed by atoms with Crippen LogP contribution in [0.5, 0.6) is 0 Å². The molecule has 0 radical (unpaired) electrons. The van der Waals surface area contributed by atoms with Gasteiger partial charge in [-0.05, 0) is 6.92 Å². The Balaban J connectivity index is 3.56. The first-order valence-electron chi connectivity index (χ1n) is 3.43. The molecule has 0 bridgehead atoms. The van der Waals surface area contributed by atoms with Crippen molar-refractivity contribution in [1.82, 2.24) is 0 Å². The van der Waals surface area contributed by atoms with E-state index in [2.05, 4.69) is 0 Å². The Bertz CT molecular complexity index is 323. The van der Waals surface area contributed by atoms with E-state index >= 15 is 0 Å². The Morgan fingerprint density at radius 1 is 1.15 bits per heavy atom. The highest BCUT2D eigenvalue weighted by molar-refractivity contribution is 6.36. The van der Waals surface area contributed by atoms with Crippen LogP contribution in [-0.4, -0.2) is 5.11 Å². The van der Waals surface area contributed by atoms with E-state index in [9.17, 15) is 8.78 Å². The lowest BCUT2D eigenvalue weighted by molar-refractivity contribution is 0.280. The largest absolute Gasteiger partial charge is 0.392 e. The minimum Gasteiger partial charge on any atom is -0.392 e. The van der Waals surface area contributed by atoms with E-state index in [0.29, 0.717) is 0 Å². The summed E-state index contributed by atoms with van der Waals surface area (Å²) in [4.78, 5) is 0. The number of benzene rings is 1. The average molecular weight is 227 g/mol. The van der Waals surface area contributed by atoms with E-state index < -0.39 is 18.2 Å². The first-order valence-corrected chi connectivity index (χ1v) is 4.18. The minimum atomic E-state index is -0.882. The fourth-order valence-electron chi connectivity index (χ4n) is 0.926. The first-order chi connectivity index (χ1) is 6.00. The molecule has 0 heterocycles. The zero-order valence-electron chi connectivity index (χ0n) is 6.67. The molecule has 1 aromatic rings. The number of hydrogen-bond acceptors (Lipinski definition) is 1. The topological polar surface area (TPSA) is 20.2 Å². The van der Waals surface area contributed by atoms with E-state index in [1.54, 1.807) is 0 Å². The summed E-state index contributed by atoms with van der Waals surface area (Å²) in [5, 5.41) is 8.08. The van der Waals surface area contributed by atoms with E-state index in [1.807, 2.05) is 0 Å². The van der Waals surface area contributed by atoms with Crippen molar-refractivity contribution in [2.45, 2.75) is 13.5 Å². The number of hydrogen-bond donors (Lipinski definition) is 1. The zero-order chi connectivity index (χ0) is 10.2. The van der Waals surface area contributed by atoms with Crippen LogP contribution in [0.3, 0.4) is 0 Å². The number of halogens is 4. The molecule has 1 nitrogen and oxygen atoms in total. The van der Waals surface area contributed by atoms with Gasteiger partial charge in [0, 0.05) is 11.1 Å². The number of aliphatic hydroxyl groups excluding tert-OH is 1. The van der Waals surface area contributed by atoms with E-state index in [1.165, 1.54) is 6.92 Å². The van der Waals surface area contributed by atoms with Crippen LogP contribution < -0.4 is 0 Å². The summed E-state index contributed by atoms with van der Waals surface area (Å²) in [6, 6.07) is 0. The van der Waals surface area contributed by atoms with E-state index in [0.717, 1.165) is 0 Å². The third-order valence-corrected chi connectivity index (χ3v) is 2.52. The fourth-order valence-corrected chi connectivity index (χ4v) is 1.57. The molecule has 5 heteroatoms. The van der Waals surface area contributed by atoms with Crippen LogP contribution in [-0.2, 0) is 6.61 Å². The molecule has 13 heavy (non-hydrogen) atoms. The van der Waals surface area contributed by atoms with Crippen LogP contribution in [0.4, 0.5) is 8.78 Å². The van der Waals surface area contributed by atoms with Crippen molar-refractivity contribution in [3.63, 3.8) is 0 Å². The van der Waals surface area contributed by atoms with Crippen molar-refractivity contribution in [3.05, 3.63) is 32.8 Å². The highest BCUT2D eigenvalue weighted by atomic mass is 35.5. The van der Waals surface area contributed by atoms with Crippen molar-refractivity contribution < 1.29 is 13.9 Å². The molecule has 0 aliphatic heterocycles. The Labute approximate surface area is 83.9 Å². The van der Waals surface area contributed by atoms with Gasteiger partial charge in [-0.3, -0.25) is 0 Å². The maximum absolute atomic E-state index is 13.1. The fraction of sp³-hybridized carbons (Fsp3) is 0.250. The highest BCUT2D eigenvalue weighted by Gasteiger charge is 2.19. The Kier molecular flexibility index (Phi) is 3.11. The van der Waals surface area contributed by atoms with Crippen LogP contribution in [0.15, 0.2) is 0 Å². The van der Waals surface area contributed by atoms with Gasteiger partial charge in [0.2, 0.25) is 0 Å². The second kappa shape index (κ2) is 3.78. The summed E-state index contributed by atoms with van der Waals surface area (Å²) in [5.41, 5.74) is -0.365. The van der Waals surface area contributed by atoms with Gasteiger partial charge in [0.05, 0.1) is 16.7 Å². The smallest absolute Gasteiger partial charge is 0.148 e. The van der Waals surface area contributed by atoms with E-state index in [-0.39, 0.29) is 21.2 Å². The molecule has 0 atom stereocenters. The maximum atomic E-state index is 13.1. The normalized spacial score (nSPS) is 10.6. The second-order valence-corrected chi connectivity index (χ2v) is 3.27. The SMILES string of the molecule is Cc1c(F)c(Cl)c(CO)c(Cl)c1F. The lowest BCUT2D eigenvalue weighted by Crippen LogP contribution is -1.98. The summed E-state index contributed by atoms with van der Waals surface area (Å²) in [6.45, 7) is 0.634. The average Bonchev–Trinajstić information content (AvgIpc) is 2.13. The quantitative estimate of drug-likeness (QED) is 0.731. The standard InChI is InChI=1S/C8H6Cl2F2O/c1-3-7(11)5(9)4(2-13)6(10)8(3)12/h13H,2H2,1H3. The number of rotatable bonds is 1. The van der Waals surface area contributed by atoms with E-state index in [4.69, 9.17) is 28.3 Å². The van der Waals surface area contributed by atoms with Crippen molar-refractivity contribution in [1.29, 1.82) is 0 Å². The lowest BCUT2D eigenvalue weighted by Gasteiger charge is -2.08. The van der Waals surface area contributed by atoms with Gasteiger partial charge in [0.1, 0.15) is 11.6 Å². The Morgan fingerprint density at radius 2 is 1.54 bits per heavy atom. The Hall–Kier alpha value is -0.380. The van der Waals surface area contributed by atoms with Crippen molar-refractivity contribution in [2.75, 3.05) is 0 Å². The summed E-state index contributed by atoms with van der Waals surface area (Å²) in [6.07, 6.45) is 0. The van der Waals surface area contributed by atoms with Crippen LogP contribution in [0.2, 0.25) is 10.0 Å². The van der Waals surface area contributed by atoms with Crippen molar-refractivity contribution in [3.8, 4) is 0 Å². The molecule has 0 saturated carbocycles. The maximum Gasteiger partial charge on any atom is 0.148 e. The lowest BCUT2D eigenvalue weighted by atomic mass is 10.1. The first kappa shape index (κ1) is 10.7. The third-order valence-electron chi connectivity index (χ3n) is 1.73. The van der Waals surface area contributed by atoms with Crippen LogP contribution in [0.1, 0.15) is 11.1 Å². The molecule has 0 spiro atoms. The molecular formula is C8H6Cl2F2O. The van der Waals surface area contributed by atoms with Crippen molar-refractivity contribution in [2.24, 2.45) is 0 Å². The van der Waals surface area contributed by atoms with Gasteiger partial charge in [-0.2, -0.15) is 0 Å². The number of aliphatic hydroxyl groups is 1. The van der Waals surface area contributed by atoms with Crippen LogP contribution >= 0.6 is 23.2 Å².